The molecule has 0 amide bonds. The number of hydrogen-bond acceptors (Lipinski definition) is 1. The van der Waals surface area contributed by atoms with Gasteiger partial charge < -0.3 is 5.32 Å². The maximum absolute atomic E-state index is 13.2. The van der Waals surface area contributed by atoms with Crippen molar-refractivity contribution in [1.82, 2.24) is 5.32 Å². The molecule has 2 rings (SSSR count). The van der Waals surface area contributed by atoms with Gasteiger partial charge in [-0.15, -0.1) is 0 Å². The highest BCUT2D eigenvalue weighted by Gasteiger charge is 2.21. The minimum Gasteiger partial charge on any atom is -0.307 e. The topological polar surface area (TPSA) is 12.0 Å². The van der Waals surface area contributed by atoms with Crippen molar-refractivity contribution in [3.63, 3.8) is 0 Å². The molecule has 1 aliphatic carbocycles. The molecular weight excluding hydrogens is 225 g/mol. The molecule has 0 heterocycles. The molecule has 0 bridgehead atoms. The lowest BCUT2D eigenvalue weighted by atomic mass is 9.84. The molecule has 1 nitrogen and oxygen atoms in total. The molecule has 1 aromatic carbocycles. The summed E-state index contributed by atoms with van der Waals surface area (Å²) < 4.78 is 13.2. The SMILES string of the molecule is CCC1CCC(N[C@H](C)c2cccc(F)c2)CC1. The van der Waals surface area contributed by atoms with E-state index >= 15 is 0 Å². The zero-order valence-corrected chi connectivity index (χ0v) is 11.5. The van der Waals surface area contributed by atoms with Crippen LogP contribution in [0.25, 0.3) is 0 Å². The number of nitrogens with one attached hydrogen (secondary N) is 1. The zero-order chi connectivity index (χ0) is 13.0. The van der Waals surface area contributed by atoms with Crippen LogP contribution in [0.4, 0.5) is 4.39 Å². The molecule has 0 unspecified atom stereocenters. The van der Waals surface area contributed by atoms with Gasteiger partial charge in [0.05, 0.1) is 0 Å². The van der Waals surface area contributed by atoms with Crippen LogP contribution in [-0.2, 0) is 0 Å². The van der Waals surface area contributed by atoms with Crippen molar-refractivity contribution in [3.05, 3.63) is 35.6 Å². The molecule has 0 radical (unpaired) electrons. The third-order valence-electron chi connectivity index (χ3n) is 4.26. The molecule has 0 saturated heterocycles. The third-order valence-corrected chi connectivity index (χ3v) is 4.26. The van der Waals surface area contributed by atoms with Gasteiger partial charge in [0.1, 0.15) is 5.82 Å². The summed E-state index contributed by atoms with van der Waals surface area (Å²) in [5.74, 6) is 0.781. The Balaban J connectivity index is 1.86. The predicted octanol–water partition coefficient (Wildman–Crippen LogP) is 4.45. The van der Waals surface area contributed by atoms with E-state index in [1.54, 1.807) is 12.1 Å². The normalized spacial score (nSPS) is 25.9. The summed E-state index contributed by atoms with van der Waals surface area (Å²) in [4.78, 5) is 0. The Morgan fingerprint density at radius 1 is 1.28 bits per heavy atom. The molecule has 1 aromatic rings. The van der Waals surface area contributed by atoms with E-state index in [2.05, 4.69) is 19.2 Å². The van der Waals surface area contributed by atoms with Crippen LogP contribution in [-0.4, -0.2) is 6.04 Å². The smallest absolute Gasteiger partial charge is 0.123 e. The maximum Gasteiger partial charge on any atom is 0.123 e. The molecule has 1 N–H and O–H groups in total. The minimum atomic E-state index is -0.143. The van der Waals surface area contributed by atoms with Crippen molar-refractivity contribution in [2.24, 2.45) is 5.92 Å². The summed E-state index contributed by atoms with van der Waals surface area (Å²) in [6.07, 6.45) is 6.51. The third kappa shape index (κ3) is 3.55. The molecule has 0 spiro atoms. The van der Waals surface area contributed by atoms with E-state index in [4.69, 9.17) is 0 Å². The van der Waals surface area contributed by atoms with Crippen LogP contribution in [0.5, 0.6) is 0 Å². The van der Waals surface area contributed by atoms with Gasteiger partial charge >= 0.3 is 0 Å². The predicted molar refractivity (Wildman–Crippen MR) is 74.0 cm³/mol. The summed E-state index contributed by atoms with van der Waals surface area (Å²) in [6.45, 7) is 4.41. The van der Waals surface area contributed by atoms with E-state index < -0.39 is 0 Å². The highest BCUT2D eigenvalue weighted by atomic mass is 19.1. The quantitative estimate of drug-likeness (QED) is 0.831. The van der Waals surface area contributed by atoms with E-state index in [0.717, 1.165) is 11.5 Å². The summed E-state index contributed by atoms with van der Waals surface area (Å²) in [7, 11) is 0. The van der Waals surface area contributed by atoms with Crippen LogP contribution in [0.3, 0.4) is 0 Å². The van der Waals surface area contributed by atoms with Gasteiger partial charge in [0, 0.05) is 12.1 Å². The van der Waals surface area contributed by atoms with Crippen LogP contribution >= 0.6 is 0 Å². The fourth-order valence-corrected chi connectivity index (χ4v) is 2.96. The first-order valence-electron chi connectivity index (χ1n) is 7.20. The van der Waals surface area contributed by atoms with Gasteiger partial charge in [-0.2, -0.15) is 0 Å². The maximum atomic E-state index is 13.2. The molecular formula is C16H24FN. The molecule has 1 atom stereocenters. The lowest BCUT2D eigenvalue weighted by molar-refractivity contribution is 0.273. The zero-order valence-electron chi connectivity index (χ0n) is 11.5. The Bertz CT molecular complexity index is 369. The number of halogens is 1. The van der Waals surface area contributed by atoms with E-state index in [0.29, 0.717) is 6.04 Å². The Morgan fingerprint density at radius 2 is 2.00 bits per heavy atom. The largest absolute Gasteiger partial charge is 0.307 e. The Labute approximate surface area is 110 Å². The summed E-state index contributed by atoms with van der Waals surface area (Å²) in [6, 6.07) is 7.77. The lowest BCUT2D eigenvalue weighted by Crippen LogP contribution is -2.34. The number of benzene rings is 1. The van der Waals surface area contributed by atoms with Crippen molar-refractivity contribution >= 4 is 0 Å². The average molecular weight is 249 g/mol. The molecule has 18 heavy (non-hydrogen) atoms. The first-order valence-corrected chi connectivity index (χ1v) is 7.20. The van der Waals surface area contributed by atoms with Gasteiger partial charge in [-0.3, -0.25) is 0 Å². The Hall–Kier alpha value is -0.890. The van der Waals surface area contributed by atoms with Crippen molar-refractivity contribution in [2.45, 2.75) is 58.0 Å². The minimum absolute atomic E-state index is 0.143. The Morgan fingerprint density at radius 3 is 2.61 bits per heavy atom. The average Bonchev–Trinajstić information content (AvgIpc) is 2.39. The van der Waals surface area contributed by atoms with E-state index in [1.165, 1.54) is 38.2 Å². The van der Waals surface area contributed by atoms with E-state index in [9.17, 15) is 4.39 Å². The number of rotatable bonds is 4. The molecule has 100 valence electrons. The second-order valence-corrected chi connectivity index (χ2v) is 5.57. The Kier molecular flexibility index (Phi) is 4.76. The first-order chi connectivity index (χ1) is 8.69. The fraction of sp³-hybridized carbons (Fsp3) is 0.625. The monoisotopic (exact) mass is 249 g/mol. The van der Waals surface area contributed by atoms with E-state index in [1.807, 2.05) is 6.07 Å². The van der Waals surface area contributed by atoms with Crippen molar-refractivity contribution < 1.29 is 4.39 Å². The number of hydrogen-bond donors (Lipinski definition) is 1. The molecule has 0 aliphatic heterocycles. The first kappa shape index (κ1) is 13.5. The van der Waals surface area contributed by atoms with Crippen molar-refractivity contribution in [3.8, 4) is 0 Å². The van der Waals surface area contributed by atoms with Crippen LogP contribution in [0.15, 0.2) is 24.3 Å². The van der Waals surface area contributed by atoms with Gasteiger partial charge in [-0.25, -0.2) is 4.39 Å². The second-order valence-electron chi connectivity index (χ2n) is 5.57. The lowest BCUT2D eigenvalue weighted by Gasteiger charge is -2.31. The van der Waals surface area contributed by atoms with Gasteiger partial charge in [0.25, 0.3) is 0 Å². The van der Waals surface area contributed by atoms with Crippen LogP contribution in [0.2, 0.25) is 0 Å². The second kappa shape index (κ2) is 6.33. The van der Waals surface area contributed by atoms with Gasteiger partial charge in [-0.1, -0.05) is 25.5 Å². The van der Waals surface area contributed by atoms with E-state index in [-0.39, 0.29) is 11.9 Å². The molecule has 2 heteroatoms. The molecule has 1 aliphatic rings. The van der Waals surface area contributed by atoms with Crippen molar-refractivity contribution in [1.29, 1.82) is 0 Å². The van der Waals surface area contributed by atoms with Crippen LogP contribution < -0.4 is 5.32 Å². The fourth-order valence-electron chi connectivity index (χ4n) is 2.96. The molecule has 0 aromatic heterocycles. The van der Waals surface area contributed by atoms with Gasteiger partial charge in [0.15, 0.2) is 0 Å². The molecule has 1 fully saturated rings. The summed E-state index contributed by atoms with van der Waals surface area (Å²) in [5, 5.41) is 3.64. The van der Waals surface area contributed by atoms with Crippen LogP contribution in [0.1, 0.15) is 57.6 Å². The van der Waals surface area contributed by atoms with Gasteiger partial charge in [-0.05, 0) is 56.2 Å². The molecule has 1 saturated carbocycles. The summed E-state index contributed by atoms with van der Waals surface area (Å²) in [5.41, 5.74) is 1.05. The highest BCUT2D eigenvalue weighted by molar-refractivity contribution is 5.19. The highest BCUT2D eigenvalue weighted by Crippen LogP contribution is 2.28. The standard InChI is InChI=1S/C16H24FN/c1-3-13-7-9-16(10-8-13)18-12(2)14-5-4-6-15(17)11-14/h4-6,11-13,16,18H,3,7-10H2,1-2H3/t12-,13?,16?/m1/s1. The summed E-state index contributed by atoms with van der Waals surface area (Å²) >= 11 is 0. The van der Waals surface area contributed by atoms with Crippen molar-refractivity contribution in [2.75, 3.05) is 0 Å². The van der Waals surface area contributed by atoms with Gasteiger partial charge in [0.2, 0.25) is 0 Å². The van der Waals surface area contributed by atoms with Crippen LogP contribution in [0, 0.1) is 11.7 Å².